The van der Waals surface area contributed by atoms with Gasteiger partial charge in [-0.25, -0.2) is 4.79 Å². The zero-order chi connectivity index (χ0) is 16.9. The summed E-state index contributed by atoms with van der Waals surface area (Å²) in [5.41, 5.74) is 0. The third-order valence-electron chi connectivity index (χ3n) is 3.26. The Morgan fingerprint density at radius 2 is 2.04 bits per heavy atom. The maximum atomic E-state index is 11.8. The standard InChI is InChI=1S/C15H20N2O4S2/c1-15(2,23-22-11-5-3-4-10-16-11)9-8-14(20)21-17-12(18)6-7-13(17)19/h3-5,10-11,16H,6-9H2,1-2H3. The zero-order valence-electron chi connectivity index (χ0n) is 13.1. The summed E-state index contributed by atoms with van der Waals surface area (Å²) >= 11 is 0. The Morgan fingerprint density at radius 3 is 2.65 bits per heavy atom. The number of imide groups is 1. The molecule has 6 nitrogen and oxygen atoms in total. The summed E-state index contributed by atoms with van der Waals surface area (Å²) in [7, 11) is 3.37. The number of carbonyl (C=O) groups is 3. The molecule has 2 rings (SSSR count). The molecule has 0 aliphatic carbocycles. The van der Waals surface area contributed by atoms with Gasteiger partial charge in [-0.15, -0.1) is 5.06 Å². The Balaban J connectivity index is 1.71. The molecule has 0 saturated carbocycles. The van der Waals surface area contributed by atoms with Crippen LogP contribution in [0.4, 0.5) is 0 Å². The fourth-order valence-electron chi connectivity index (χ4n) is 1.92. The van der Waals surface area contributed by atoms with Gasteiger partial charge >= 0.3 is 5.97 Å². The molecule has 1 atom stereocenters. The van der Waals surface area contributed by atoms with Crippen LogP contribution in [-0.2, 0) is 19.2 Å². The molecule has 2 amide bonds. The first kappa shape index (κ1) is 17.9. The highest BCUT2D eigenvalue weighted by Gasteiger charge is 2.33. The van der Waals surface area contributed by atoms with Crippen LogP contribution in [0.25, 0.3) is 0 Å². The third-order valence-corrected chi connectivity index (χ3v) is 6.78. The first-order chi connectivity index (χ1) is 10.9. The number of hydroxylamine groups is 2. The van der Waals surface area contributed by atoms with Gasteiger partial charge in [-0.3, -0.25) is 9.59 Å². The van der Waals surface area contributed by atoms with E-state index in [-0.39, 0.29) is 29.4 Å². The molecule has 1 N–H and O–H groups in total. The summed E-state index contributed by atoms with van der Waals surface area (Å²) in [4.78, 5) is 39.5. The van der Waals surface area contributed by atoms with E-state index in [9.17, 15) is 14.4 Å². The first-order valence-electron chi connectivity index (χ1n) is 7.38. The Kier molecular flexibility index (Phi) is 6.17. The van der Waals surface area contributed by atoms with E-state index in [1.54, 1.807) is 21.6 Å². The average Bonchev–Trinajstić information content (AvgIpc) is 2.84. The third kappa shape index (κ3) is 5.62. The van der Waals surface area contributed by atoms with Crippen molar-refractivity contribution in [3.63, 3.8) is 0 Å². The summed E-state index contributed by atoms with van der Waals surface area (Å²) in [6.45, 7) is 4.10. The van der Waals surface area contributed by atoms with Crippen molar-refractivity contribution in [1.82, 2.24) is 10.4 Å². The number of carbonyl (C=O) groups excluding carboxylic acids is 3. The van der Waals surface area contributed by atoms with Gasteiger partial charge in [0.2, 0.25) is 0 Å². The maximum absolute atomic E-state index is 11.8. The fourth-order valence-corrected chi connectivity index (χ4v) is 4.46. The number of dihydropyridines is 1. The number of nitrogens with one attached hydrogen (secondary N) is 1. The number of rotatable bonds is 7. The Hall–Kier alpha value is -1.41. The second-order valence-corrected chi connectivity index (χ2v) is 8.87. The van der Waals surface area contributed by atoms with Crippen molar-refractivity contribution in [3.8, 4) is 0 Å². The van der Waals surface area contributed by atoms with E-state index < -0.39 is 17.8 Å². The van der Waals surface area contributed by atoms with Gasteiger partial charge in [-0.2, -0.15) is 0 Å². The van der Waals surface area contributed by atoms with Gasteiger partial charge < -0.3 is 10.2 Å². The second-order valence-electron chi connectivity index (χ2n) is 5.82. The van der Waals surface area contributed by atoms with Crippen LogP contribution in [0.1, 0.15) is 39.5 Å². The van der Waals surface area contributed by atoms with Crippen LogP contribution in [0.2, 0.25) is 0 Å². The van der Waals surface area contributed by atoms with E-state index in [1.165, 1.54) is 0 Å². The lowest BCUT2D eigenvalue weighted by molar-refractivity contribution is -0.197. The minimum atomic E-state index is -0.550. The normalized spacial score (nSPS) is 20.8. The lowest BCUT2D eigenvalue weighted by Crippen LogP contribution is -2.32. The smallest absolute Gasteiger partial charge is 0.333 e. The van der Waals surface area contributed by atoms with Crippen LogP contribution in [-0.4, -0.2) is 33.0 Å². The molecule has 2 aliphatic heterocycles. The molecular formula is C15H20N2O4S2. The zero-order valence-corrected chi connectivity index (χ0v) is 14.7. The van der Waals surface area contributed by atoms with Crippen LogP contribution < -0.4 is 5.32 Å². The summed E-state index contributed by atoms with van der Waals surface area (Å²) in [6.07, 6.45) is 8.85. The van der Waals surface area contributed by atoms with E-state index in [1.807, 2.05) is 32.2 Å². The molecule has 1 saturated heterocycles. The van der Waals surface area contributed by atoms with Gasteiger partial charge in [0.1, 0.15) is 5.37 Å². The van der Waals surface area contributed by atoms with Crippen LogP contribution in [0, 0.1) is 0 Å². The molecular weight excluding hydrogens is 336 g/mol. The van der Waals surface area contributed by atoms with E-state index >= 15 is 0 Å². The monoisotopic (exact) mass is 356 g/mol. The van der Waals surface area contributed by atoms with Crippen molar-refractivity contribution in [2.75, 3.05) is 0 Å². The van der Waals surface area contributed by atoms with Gasteiger partial charge in [-0.05, 0) is 32.5 Å². The highest BCUT2D eigenvalue weighted by Crippen LogP contribution is 2.41. The van der Waals surface area contributed by atoms with Crippen molar-refractivity contribution < 1.29 is 19.2 Å². The van der Waals surface area contributed by atoms with Crippen LogP contribution in [0.5, 0.6) is 0 Å². The van der Waals surface area contributed by atoms with Gasteiger partial charge in [0.05, 0.1) is 0 Å². The summed E-state index contributed by atoms with van der Waals surface area (Å²) in [5.74, 6) is -1.45. The Labute approximate surface area is 143 Å². The number of nitrogens with zero attached hydrogens (tertiary/aromatic N) is 1. The first-order valence-corrected chi connectivity index (χ1v) is 9.59. The highest BCUT2D eigenvalue weighted by molar-refractivity contribution is 8.77. The molecule has 0 radical (unpaired) electrons. The van der Waals surface area contributed by atoms with Gasteiger partial charge in [0, 0.05) is 24.0 Å². The molecule has 0 aromatic carbocycles. The SMILES string of the molecule is CC(C)(CCC(=O)ON1C(=O)CCC1=O)SSC1C=CC=CN1. The summed E-state index contributed by atoms with van der Waals surface area (Å²) in [6, 6.07) is 0. The van der Waals surface area contributed by atoms with Crippen LogP contribution >= 0.6 is 21.6 Å². The van der Waals surface area contributed by atoms with Crippen molar-refractivity contribution in [3.05, 3.63) is 24.4 Å². The Bertz CT molecular complexity index is 530. The average molecular weight is 356 g/mol. The van der Waals surface area contributed by atoms with Crippen LogP contribution in [0.3, 0.4) is 0 Å². The van der Waals surface area contributed by atoms with Gasteiger partial charge in [0.15, 0.2) is 0 Å². The molecule has 8 heteroatoms. The minimum absolute atomic E-state index is 0.112. The largest absolute Gasteiger partial charge is 0.375 e. The molecule has 126 valence electrons. The van der Waals surface area contributed by atoms with Crippen molar-refractivity contribution in [1.29, 1.82) is 0 Å². The molecule has 0 aromatic heterocycles. The molecule has 1 fully saturated rings. The maximum Gasteiger partial charge on any atom is 0.333 e. The van der Waals surface area contributed by atoms with E-state index in [2.05, 4.69) is 11.4 Å². The molecule has 0 bridgehead atoms. The van der Waals surface area contributed by atoms with E-state index in [0.29, 0.717) is 11.5 Å². The molecule has 23 heavy (non-hydrogen) atoms. The van der Waals surface area contributed by atoms with E-state index in [0.717, 1.165) is 0 Å². The van der Waals surface area contributed by atoms with Gasteiger partial charge in [-0.1, -0.05) is 33.7 Å². The minimum Gasteiger partial charge on any atom is -0.375 e. The lowest BCUT2D eigenvalue weighted by atomic mass is 10.1. The quantitative estimate of drug-likeness (QED) is 0.555. The Morgan fingerprint density at radius 1 is 1.35 bits per heavy atom. The van der Waals surface area contributed by atoms with Crippen molar-refractivity contribution in [2.45, 2.75) is 49.7 Å². The topological polar surface area (TPSA) is 75.7 Å². The van der Waals surface area contributed by atoms with Gasteiger partial charge in [0.25, 0.3) is 11.8 Å². The molecule has 2 aliphatic rings. The van der Waals surface area contributed by atoms with Crippen LogP contribution in [0.15, 0.2) is 24.4 Å². The number of amides is 2. The summed E-state index contributed by atoms with van der Waals surface area (Å²) in [5, 5.41) is 4.02. The predicted octanol–water partition coefficient (Wildman–Crippen LogP) is 2.53. The molecule has 2 heterocycles. The molecule has 0 spiro atoms. The highest BCUT2D eigenvalue weighted by atomic mass is 33.1. The van der Waals surface area contributed by atoms with Crippen molar-refractivity contribution >= 4 is 39.4 Å². The molecule has 0 aromatic rings. The predicted molar refractivity (Wildman–Crippen MR) is 90.9 cm³/mol. The fraction of sp³-hybridized carbons (Fsp3) is 0.533. The van der Waals surface area contributed by atoms with E-state index in [4.69, 9.17) is 4.84 Å². The lowest BCUT2D eigenvalue weighted by Gasteiger charge is -2.25. The second kappa shape index (κ2) is 7.92. The number of hydrogen-bond acceptors (Lipinski definition) is 7. The summed E-state index contributed by atoms with van der Waals surface area (Å²) < 4.78 is -0.139. The molecule has 1 unspecified atom stereocenters. The van der Waals surface area contributed by atoms with Crippen molar-refractivity contribution in [2.24, 2.45) is 0 Å². The number of hydrogen-bond donors (Lipinski definition) is 1. The number of allylic oxidation sites excluding steroid dienone is 2.